The normalized spacial score (nSPS) is 13.8. The van der Waals surface area contributed by atoms with Crippen molar-refractivity contribution in [2.24, 2.45) is 17.4 Å². The number of hydrogen-bond donors (Lipinski definition) is 8. The molecular formula is C29H39N5O8. The fraction of sp³-hybridized carbons (Fsp3) is 0.414. The number of aromatic hydroxyl groups is 2. The van der Waals surface area contributed by atoms with Gasteiger partial charge in [-0.3, -0.25) is 19.2 Å². The Morgan fingerprint density at radius 1 is 0.714 bits per heavy atom. The summed E-state index contributed by atoms with van der Waals surface area (Å²) in [5.74, 6) is -4.26. The van der Waals surface area contributed by atoms with Gasteiger partial charge in [-0.25, -0.2) is 4.79 Å². The number of carboxylic acid groups (broad SMARTS) is 1. The Bertz CT molecular complexity index is 1230. The number of nitrogens with two attached hydrogens (primary N) is 2. The lowest BCUT2D eigenvalue weighted by molar-refractivity contribution is -0.143. The van der Waals surface area contributed by atoms with Gasteiger partial charge in [0.05, 0.1) is 6.04 Å². The maximum Gasteiger partial charge on any atom is 0.326 e. The summed E-state index contributed by atoms with van der Waals surface area (Å²) >= 11 is 0. The van der Waals surface area contributed by atoms with Crippen LogP contribution < -0.4 is 27.4 Å². The second-order valence-electron chi connectivity index (χ2n) is 10.5. The highest BCUT2D eigenvalue weighted by molar-refractivity contribution is 5.94. The van der Waals surface area contributed by atoms with Gasteiger partial charge in [0.15, 0.2) is 0 Å². The summed E-state index contributed by atoms with van der Waals surface area (Å²) in [5, 5.41) is 36.1. The molecule has 0 saturated heterocycles. The van der Waals surface area contributed by atoms with Gasteiger partial charge < -0.3 is 42.7 Å². The number of primary amides is 1. The van der Waals surface area contributed by atoms with Crippen LogP contribution in [0.4, 0.5) is 0 Å². The van der Waals surface area contributed by atoms with Crippen molar-refractivity contribution in [2.75, 3.05) is 0 Å². The zero-order valence-corrected chi connectivity index (χ0v) is 23.6. The third kappa shape index (κ3) is 11.5. The van der Waals surface area contributed by atoms with E-state index in [2.05, 4.69) is 16.0 Å². The van der Waals surface area contributed by atoms with Crippen LogP contribution in [0.1, 0.15) is 44.2 Å². The SMILES string of the molecule is CC(C)CC(NC(=O)C(CCC(N)=O)NC(=O)C(Cc1ccc(O)cc1)NC(=O)C(N)Cc1ccc(O)cc1)C(=O)O. The lowest BCUT2D eigenvalue weighted by Crippen LogP contribution is -2.58. The molecule has 2 rings (SSSR count). The third-order valence-electron chi connectivity index (χ3n) is 6.37. The number of phenols is 2. The molecule has 2 aromatic rings. The smallest absolute Gasteiger partial charge is 0.326 e. The first-order valence-electron chi connectivity index (χ1n) is 13.5. The first-order chi connectivity index (χ1) is 19.7. The number of amides is 4. The van der Waals surface area contributed by atoms with E-state index in [0.29, 0.717) is 11.1 Å². The first-order valence-corrected chi connectivity index (χ1v) is 13.5. The third-order valence-corrected chi connectivity index (χ3v) is 6.37. The molecule has 0 radical (unpaired) electrons. The molecule has 0 spiro atoms. The van der Waals surface area contributed by atoms with Crippen molar-refractivity contribution < 1.29 is 39.3 Å². The molecule has 13 heteroatoms. The van der Waals surface area contributed by atoms with Gasteiger partial charge in [-0.05, 0) is 60.6 Å². The van der Waals surface area contributed by atoms with Gasteiger partial charge >= 0.3 is 5.97 Å². The summed E-state index contributed by atoms with van der Waals surface area (Å²) in [6.07, 6.45) is -0.279. The molecule has 0 saturated carbocycles. The molecule has 4 amide bonds. The molecule has 0 heterocycles. The number of carbonyl (C=O) groups is 5. The van der Waals surface area contributed by atoms with E-state index < -0.39 is 53.8 Å². The Labute approximate surface area is 243 Å². The van der Waals surface area contributed by atoms with Gasteiger partial charge in [-0.2, -0.15) is 0 Å². The molecule has 0 bridgehead atoms. The minimum absolute atomic E-state index is 0.00252. The summed E-state index contributed by atoms with van der Waals surface area (Å²) in [6.45, 7) is 3.58. The highest BCUT2D eigenvalue weighted by Crippen LogP contribution is 2.14. The van der Waals surface area contributed by atoms with Crippen LogP contribution in [0.2, 0.25) is 0 Å². The van der Waals surface area contributed by atoms with Gasteiger partial charge in [-0.15, -0.1) is 0 Å². The highest BCUT2D eigenvalue weighted by Gasteiger charge is 2.31. The molecule has 4 unspecified atom stereocenters. The number of carboxylic acids is 1. The van der Waals surface area contributed by atoms with Crippen molar-refractivity contribution in [3.63, 3.8) is 0 Å². The van der Waals surface area contributed by atoms with Crippen molar-refractivity contribution in [3.8, 4) is 11.5 Å². The quantitative estimate of drug-likeness (QED) is 0.133. The first kappa shape index (κ1) is 33.6. The second-order valence-corrected chi connectivity index (χ2v) is 10.5. The van der Waals surface area contributed by atoms with Crippen LogP contribution in [0.25, 0.3) is 0 Å². The molecule has 228 valence electrons. The number of nitrogens with one attached hydrogen (secondary N) is 3. The van der Waals surface area contributed by atoms with Gasteiger partial charge in [0.2, 0.25) is 23.6 Å². The fourth-order valence-electron chi connectivity index (χ4n) is 4.13. The molecule has 4 atom stereocenters. The Morgan fingerprint density at radius 2 is 1.17 bits per heavy atom. The van der Waals surface area contributed by atoms with Crippen LogP contribution in [-0.4, -0.2) is 69.1 Å². The number of hydrogen-bond acceptors (Lipinski definition) is 8. The minimum atomic E-state index is -1.33. The topological polar surface area (TPSA) is 234 Å². The van der Waals surface area contributed by atoms with Crippen molar-refractivity contribution in [1.29, 1.82) is 0 Å². The number of phenolic OH excluding ortho intramolecular Hbond substituents is 2. The van der Waals surface area contributed by atoms with Crippen LogP contribution in [0.3, 0.4) is 0 Å². The summed E-state index contributed by atoms with van der Waals surface area (Å²) in [7, 11) is 0. The van der Waals surface area contributed by atoms with Gasteiger partial charge in [0.1, 0.15) is 29.6 Å². The predicted molar refractivity (Wildman–Crippen MR) is 153 cm³/mol. The molecule has 0 aliphatic carbocycles. The lowest BCUT2D eigenvalue weighted by Gasteiger charge is -2.25. The maximum absolute atomic E-state index is 13.5. The summed E-state index contributed by atoms with van der Waals surface area (Å²) in [6, 6.07) is 7.19. The average molecular weight is 586 g/mol. The van der Waals surface area contributed by atoms with Crippen molar-refractivity contribution in [3.05, 3.63) is 59.7 Å². The standard InChI is InChI=1S/C29H39N5O8/c1-16(2)13-24(29(41)42)34-27(39)22(11-12-25(31)37)32-28(40)23(15-18-5-9-20(36)10-6-18)33-26(38)21(30)14-17-3-7-19(35)8-4-17/h3-10,16,21-24,35-36H,11-15,30H2,1-2H3,(H2,31,37)(H,32,40)(H,33,38)(H,34,39)(H,41,42). The lowest BCUT2D eigenvalue weighted by atomic mass is 10.0. The van der Waals surface area contributed by atoms with E-state index in [4.69, 9.17) is 11.5 Å². The Balaban J connectivity index is 2.26. The van der Waals surface area contributed by atoms with E-state index in [1.807, 2.05) is 0 Å². The van der Waals surface area contributed by atoms with E-state index >= 15 is 0 Å². The van der Waals surface area contributed by atoms with Gasteiger partial charge in [0, 0.05) is 12.8 Å². The summed E-state index contributed by atoms with van der Waals surface area (Å²) in [5.41, 5.74) is 12.6. The van der Waals surface area contributed by atoms with Crippen molar-refractivity contribution in [2.45, 2.75) is 70.1 Å². The molecule has 13 nitrogen and oxygen atoms in total. The largest absolute Gasteiger partial charge is 0.508 e. The Hall–Kier alpha value is -4.65. The van der Waals surface area contributed by atoms with Gasteiger partial charge in [-0.1, -0.05) is 38.1 Å². The van der Waals surface area contributed by atoms with Crippen LogP contribution >= 0.6 is 0 Å². The van der Waals surface area contributed by atoms with Crippen LogP contribution in [0, 0.1) is 5.92 Å². The molecular weight excluding hydrogens is 546 g/mol. The fourth-order valence-corrected chi connectivity index (χ4v) is 4.13. The van der Waals surface area contributed by atoms with E-state index in [1.165, 1.54) is 24.3 Å². The number of carbonyl (C=O) groups excluding carboxylic acids is 4. The Morgan fingerprint density at radius 3 is 1.64 bits per heavy atom. The molecule has 0 aliphatic heterocycles. The molecule has 10 N–H and O–H groups in total. The van der Waals surface area contributed by atoms with E-state index in [1.54, 1.807) is 38.1 Å². The van der Waals surface area contributed by atoms with Crippen LogP contribution in [0.15, 0.2) is 48.5 Å². The van der Waals surface area contributed by atoms with Crippen molar-refractivity contribution >= 4 is 29.6 Å². The van der Waals surface area contributed by atoms with E-state index in [9.17, 15) is 39.3 Å². The molecule has 42 heavy (non-hydrogen) atoms. The number of aliphatic carboxylic acids is 1. The molecule has 2 aromatic carbocycles. The molecule has 0 fully saturated rings. The molecule has 0 aliphatic rings. The Kier molecular flexibility index (Phi) is 12.8. The zero-order valence-electron chi connectivity index (χ0n) is 23.6. The highest BCUT2D eigenvalue weighted by atomic mass is 16.4. The average Bonchev–Trinajstić information content (AvgIpc) is 2.91. The minimum Gasteiger partial charge on any atom is -0.508 e. The maximum atomic E-state index is 13.5. The summed E-state index contributed by atoms with van der Waals surface area (Å²) < 4.78 is 0. The van der Waals surface area contributed by atoms with Gasteiger partial charge in [0.25, 0.3) is 0 Å². The van der Waals surface area contributed by atoms with Crippen LogP contribution in [0.5, 0.6) is 11.5 Å². The number of rotatable bonds is 16. The van der Waals surface area contributed by atoms with E-state index in [0.717, 1.165) is 0 Å². The monoisotopic (exact) mass is 585 g/mol. The van der Waals surface area contributed by atoms with Crippen LogP contribution in [-0.2, 0) is 36.8 Å². The molecule has 0 aromatic heterocycles. The summed E-state index contributed by atoms with van der Waals surface area (Å²) in [4.78, 5) is 62.7. The number of benzene rings is 2. The second kappa shape index (κ2) is 16.0. The van der Waals surface area contributed by atoms with Crippen molar-refractivity contribution in [1.82, 2.24) is 16.0 Å². The van der Waals surface area contributed by atoms with E-state index in [-0.39, 0.29) is 49.5 Å². The predicted octanol–water partition coefficient (Wildman–Crippen LogP) is 0.0609. The zero-order chi connectivity index (χ0) is 31.4.